The summed E-state index contributed by atoms with van der Waals surface area (Å²) >= 11 is 0. The lowest BCUT2D eigenvalue weighted by Gasteiger charge is -2.29. The Morgan fingerprint density at radius 3 is 2.95 bits per heavy atom. The van der Waals surface area contributed by atoms with E-state index in [9.17, 15) is 9.59 Å². The van der Waals surface area contributed by atoms with Crippen LogP contribution in [0.3, 0.4) is 0 Å². The van der Waals surface area contributed by atoms with E-state index < -0.39 is 12.3 Å². The number of allylic oxidation sites excluding steroid dienone is 2. The first-order valence-corrected chi connectivity index (χ1v) is 6.28. The van der Waals surface area contributed by atoms with Gasteiger partial charge in [-0.25, -0.2) is 0 Å². The summed E-state index contributed by atoms with van der Waals surface area (Å²) in [6.07, 6.45) is 2.37. The lowest BCUT2D eigenvalue weighted by molar-refractivity contribution is -0.172. The van der Waals surface area contributed by atoms with Crippen LogP contribution >= 0.6 is 0 Å². The van der Waals surface area contributed by atoms with Crippen molar-refractivity contribution in [2.45, 2.75) is 38.4 Å². The zero-order valence-corrected chi connectivity index (χ0v) is 10.5. The average molecular weight is 262 g/mol. The first-order valence-electron chi connectivity index (χ1n) is 6.28. The highest BCUT2D eigenvalue weighted by Crippen LogP contribution is 2.43. The summed E-state index contributed by atoms with van der Waals surface area (Å²) in [7, 11) is 0. The standard InChI is InChI=1S/C14H14O5/c1-8(15)18-13-7-9(11-3-2-6-17-11)14-10(16)4-5-12(14)19-13/h2-3,6,9,13H,4-5,7H2,1H3/t9-,13-/m0/s1. The second kappa shape index (κ2) is 4.57. The maximum atomic E-state index is 12.0. The van der Waals surface area contributed by atoms with Gasteiger partial charge in [0.2, 0.25) is 6.29 Å². The van der Waals surface area contributed by atoms with Crippen LogP contribution in [0.15, 0.2) is 34.1 Å². The maximum Gasteiger partial charge on any atom is 0.305 e. The van der Waals surface area contributed by atoms with Crippen molar-refractivity contribution in [3.8, 4) is 0 Å². The van der Waals surface area contributed by atoms with Gasteiger partial charge < -0.3 is 13.9 Å². The van der Waals surface area contributed by atoms with E-state index in [1.165, 1.54) is 6.92 Å². The van der Waals surface area contributed by atoms with Crippen LogP contribution < -0.4 is 0 Å². The van der Waals surface area contributed by atoms with Crippen LogP contribution in [0.2, 0.25) is 0 Å². The first kappa shape index (κ1) is 12.0. The highest BCUT2D eigenvalue weighted by atomic mass is 16.7. The summed E-state index contributed by atoms with van der Waals surface area (Å²) in [6, 6.07) is 3.61. The Morgan fingerprint density at radius 1 is 1.42 bits per heavy atom. The number of furan rings is 1. The molecule has 3 rings (SSSR count). The summed E-state index contributed by atoms with van der Waals surface area (Å²) in [5.41, 5.74) is 0.679. The third kappa shape index (κ3) is 2.16. The minimum absolute atomic E-state index is 0.0951. The van der Waals surface area contributed by atoms with Gasteiger partial charge in [0.1, 0.15) is 11.5 Å². The largest absolute Gasteiger partial charge is 0.469 e. The summed E-state index contributed by atoms with van der Waals surface area (Å²) < 4.78 is 16.1. The molecule has 2 heterocycles. The van der Waals surface area contributed by atoms with Crippen molar-refractivity contribution < 1.29 is 23.5 Å². The number of hydrogen-bond donors (Lipinski definition) is 0. The van der Waals surface area contributed by atoms with Crippen molar-refractivity contribution in [1.82, 2.24) is 0 Å². The average Bonchev–Trinajstić information content (AvgIpc) is 2.98. The fraction of sp³-hybridized carbons (Fsp3) is 0.429. The van der Waals surface area contributed by atoms with E-state index in [1.807, 2.05) is 6.07 Å². The Morgan fingerprint density at radius 2 is 2.26 bits per heavy atom. The normalized spacial score (nSPS) is 26.1. The molecule has 0 radical (unpaired) electrons. The molecule has 1 aliphatic carbocycles. The molecular weight excluding hydrogens is 248 g/mol. The Labute approximate surface area is 110 Å². The van der Waals surface area contributed by atoms with Crippen LogP contribution in [0.25, 0.3) is 0 Å². The number of ketones is 1. The molecule has 1 aliphatic heterocycles. The SMILES string of the molecule is CC(=O)O[C@@H]1C[C@@H](c2ccco2)C2=C(CCC2=O)O1. The van der Waals surface area contributed by atoms with Gasteiger partial charge in [0.25, 0.3) is 0 Å². The lowest BCUT2D eigenvalue weighted by atomic mass is 9.89. The van der Waals surface area contributed by atoms with Gasteiger partial charge in [0.15, 0.2) is 5.78 Å². The quantitative estimate of drug-likeness (QED) is 0.765. The Hall–Kier alpha value is -2.04. The van der Waals surface area contributed by atoms with E-state index in [0.29, 0.717) is 36.4 Å². The molecule has 0 aromatic carbocycles. The molecule has 1 aromatic rings. The number of esters is 1. The molecule has 0 bridgehead atoms. The molecule has 1 aromatic heterocycles. The topological polar surface area (TPSA) is 65.7 Å². The molecule has 19 heavy (non-hydrogen) atoms. The van der Waals surface area contributed by atoms with Crippen LogP contribution in [0.4, 0.5) is 0 Å². The molecule has 2 atom stereocenters. The zero-order chi connectivity index (χ0) is 13.4. The minimum Gasteiger partial charge on any atom is -0.469 e. The Bertz CT molecular complexity index is 540. The number of rotatable bonds is 2. The molecule has 0 saturated heterocycles. The van der Waals surface area contributed by atoms with Crippen LogP contribution in [0.5, 0.6) is 0 Å². The molecule has 0 saturated carbocycles. The first-order chi connectivity index (χ1) is 9.15. The highest BCUT2D eigenvalue weighted by Gasteiger charge is 2.40. The Balaban J connectivity index is 1.93. The molecule has 2 aliphatic rings. The molecule has 0 fully saturated rings. The van der Waals surface area contributed by atoms with Gasteiger partial charge in [0, 0.05) is 31.8 Å². The van der Waals surface area contributed by atoms with Crippen molar-refractivity contribution in [3.63, 3.8) is 0 Å². The van der Waals surface area contributed by atoms with Crippen molar-refractivity contribution in [3.05, 3.63) is 35.5 Å². The number of Topliss-reactive ketones (excluding diaryl/α,β-unsaturated/α-hetero) is 1. The fourth-order valence-electron chi connectivity index (χ4n) is 2.69. The highest BCUT2D eigenvalue weighted by molar-refractivity contribution is 5.99. The third-order valence-corrected chi connectivity index (χ3v) is 3.41. The molecule has 100 valence electrons. The summed E-state index contributed by atoms with van der Waals surface area (Å²) in [5, 5.41) is 0. The molecule has 0 unspecified atom stereocenters. The van der Waals surface area contributed by atoms with E-state index in [2.05, 4.69) is 0 Å². The van der Waals surface area contributed by atoms with Crippen LogP contribution in [-0.4, -0.2) is 18.0 Å². The molecule has 0 N–H and O–H groups in total. The summed E-state index contributed by atoms with van der Waals surface area (Å²) in [6.45, 7) is 1.34. The van der Waals surface area contributed by atoms with Gasteiger partial charge in [-0.3, -0.25) is 9.59 Å². The molecule has 5 nitrogen and oxygen atoms in total. The van der Waals surface area contributed by atoms with Crippen molar-refractivity contribution in [2.75, 3.05) is 0 Å². The maximum absolute atomic E-state index is 12.0. The van der Waals surface area contributed by atoms with E-state index in [1.54, 1.807) is 12.3 Å². The molecule has 0 spiro atoms. The van der Waals surface area contributed by atoms with Crippen LogP contribution in [-0.2, 0) is 19.1 Å². The van der Waals surface area contributed by atoms with Crippen LogP contribution in [0.1, 0.15) is 37.9 Å². The Kier molecular flexibility index (Phi) is 2.89. The second-order valence-electron chi connectivity index (χ2n) is 4.72. The predicted molar refractivity (Wildman–Crippen MR) is 64.0 cm³/mol. The third-order valence-electron chi connectivity index (χ3n) is 3.41. The van der Waals surface area contributed by atoms with Gasteiger partial charge in [-0.2, -0.15) is 0 Å². The minimum atomic E-state index is -0.641. The van der Waals surface area contributed by atoms with E-state index in [0.717, 1.165) is 0 Å². The lowest BCUT2D eigenvalue weighted by Crippen LogP contribution is -2.28. The van der Waals surface area contributed by atoms with Crippen molar-refractivity contribution in [2.24, 2.45) is 0 Å². The van der Waals surface area contributed by atoms with E-state index in [-0.39, 0.29) is 11.7 Å². The van der Waals surface area contributed by atoms with E-state index >= 15 is 0 Å². The summed E-state index contributed by atoms with van der Waals surface area (Å²) in [4.78, 5) is 23.0. The zero-order valence-electron chi connectivity index (χ0n) is 10.5. The smallest absolute Gasteiger partial charge is 0.305 e. The van der Waals surface area contributed by atoms with Gasteiger partial charge in [-0.1, -0.05) is 0 Å². The number of hydrogen-bond acceptors (Lipinski definition) is 5. The second-order valence-corrected chi connectivity index (χ2v) is 4.72. The van der Waals surface area contributed by atoms with Crippen molar-refractivity contribution in [1.29, 1.82) is 0 Å². The monoisotopic (exact) mass is 262 g/mol. The number of ether oxygens (including phenoxy) is 2. The molecule has 5 heteroatoms. The van der Waals surface area contributed by atoms with Gasteiger partial charge >= 0.3 is 5.97 Å². The molecular formula is C14H14O5. The van der Waals surface area contributed by atoms with Gasteiger partial charge in [-0.15, -0.1) is 0 Å². The van der Waals surface area contributed by atoms with Gasteiger partial charge in [0.05, 0.1) is 12.2 Å². The summed E-state index contributed by atoms with van der Waals surface area (Å²) in [5.74, 6) is 0.874. The van der Waals surface area contributed by atoms with Crippen molar-refractivity contribution >= 4 is 11.8 Å². The fourth-order valence-corrected chi connectivity index (χ4v) is 2.69. The van der Waals surface area contributed by atoms with E-state index in [4.69, 9.17) is 13.9 Å². The predicted octanol–water partition coefficient (Wildman–Crippen LogP) is 2.29. The van der Waals surface area contributed by atoms with Gasteiger partial charge in [-0.05, 0) is 12.1 Å². The number of carbonyl (C=O) groups is 2. The number of carbonyl (C=O) groups excluding carboxylic acids is 2. The van der Waals surface area contributed by atoms with Crippen LogP contribution in [0, 0.1) is 0 Å². The molecule has 0 amide bonds.